The van der Waals surface area contributed by atoms with Gasteiger partial charge in [0.25, 0.3) is 0 Å². The molecule has 0 N–H and O–H groups in total. The molecule has 0 atom stereocenters. The van der Waals surface area contributed by atoms with E-state index in [-0.39, 0.29) is 12.2 Å². The fraction of sp³-hybridized carbons (Fsp3) is 0.222. The number of hydrogen-bond acceptors (Lipinski definition) is 4. The smallest absolute Gasteiger partial charge is 0.338 e. The zero-order chi connectivity index (χ0) is 17.5. The Labute approximate surface area is 138 Å². The molecule has 0 saturated carbocycles. The summed E-state index contributed by atoms with van der Waals surface area (Å²) in [6.07, 6.45) is 0.722. The molecule has 0 fully saturated rings. The predicted molar refractivity (Wildman–Crippen MR) is 82.5 cm³/mol. The number of benzene rings is 2. The van der Waals surface area contributed by atoms with Gasteiger partial charge in [-0.3, -0.25) is 0 Å². The number of carbonyl (C=O) groups excluding carboxylic acids is 2. The number of esters is 2. The highest BCUT2D eigenvalue weighted by molar-refractivity contribution is 5.93. The lowest BCUT2D eigenvalue weighted by Gasteiger charge is -2.07. The van der Waals surface area contributed by atoms with Crippen molar-refractivity contribution >= 4 is 11.9 Å². The molecule has 24 heavy (non-hydrogen) atoms. The number of halogens is 2. The number of rotatable bonds is 6. The fourth-order valence-electron chi connectivity index (χ4n) is 1.88. The second-order valence-corrected chi connectivity index (χ2v) is 5.04. The molecule has 0 saturated heterocycles. The van der Waals surface area contributed by atoms with Gasteiger partial charge in [0.2, 0.25) is 0 Å². The molecule has 0 aliphatic heterocycles. The van der Waals surface area contributed by atoms with E-state index in [1.165, 1.54) is 30.3 Å². The molecule has 0 unspecified atom stereocenters. The van der Waals surface area contributed by atoms with Crippen molar-refractivity contribution in [2.45, 2.75) is 20.0 Å². The summed E-state index contributed by atoms with van der Waals surface area (Å²) < 4.78 is 35.9. The van der Waals surface area contributed by atoms with Crippen LogP contribution in [0.15, 0.2) is 42.5 Å². The highest BCUT2D eigenvalue weighted by atomic mass is 19.2. The maximum Gasteiger partial charge on any atom is 0.338 e. The van der Waals surface area contributed by atoms with Crippen LogP contribution in [0.25, 0.3) is 0 Å². The van der Waals surface area contributed by atoms with Gasteiger partial charge in [-0.25, -0.2) is 18.4 Å². The minimum absolute atomic E-state index is 0.184. The van der Waals surface area contributed by atoms with E-state index in [1.807, 2.05) is 6.92 Å². The fourth-order valence-corrected chi connectivity index (χ4v) is 1.88. The molecule has 0 radical (unpaired) electrons. The SMILES string of the molecule is CCCOC(=O)c1ccc(C(=O)OCc2ccc(F)c(F)c2)cc1. The molecular weight excluding hydrogens is 318 g/mol. The normalized spacial score (nSPS) is 10.3. The zero-order valence-electron chi connectivity index (χ0n) is 13.1. The molecule has 0 heterocycles. The summed E-state index contributed by atoms with van der Waals surface area (Å²) in [4.78, 5) is 23.6. The van der Waals surface area contributed by atoms with Crippen molar-refractivity contribution in [2.75, 3.05) is 6.61 Å². The highest BCUT2D eigenvalue weighted by Crippen LogP contribution is 2.12. The monoisotopic (exact) mass is 334 g/mol. The van der Waals surface area contributed by atoms with Gasteiger partial charge in [0.05, 0.1) is 17.7 Å². The van der Waals surface area contributed by atoms with Crippen LogP contribution in [-0.4, -0.2) is 18.5 Å². The van der Waals surface area contributed by atoms with Gasteiger partial charge in [0, 0.05) is 0 Å². The zero-order valence-corrected chi connectivity index (χ0v) is 13.1. The van der Waals surface area contributed by atoms with E-state index in [9.17, 15) is 18.4 Å². The van der Waals surface area contributed by atoms with Crippen LogP contribution in [0, 0.1) is 11.6 Å². The topological polar surface area (TPSA) is 52.6 Å². The van der Waals surface area contributed by atoms with Gasteiger partial charge in [0.15, 0.2) is 11.6 Å². The molecular formula is C18H16F2O4. The van der Waals surface area contributed by atoms with Gasteiger partial charge in [0.1, 0.15) is 6.61 Å². The van der Waals surface area contributed by atoms with Crippen molar-refractivity contribution < 1.29 is 27.8 Å². The Morgan fingerprint density at radius 3 is 2.00 bits per heavy atom. The molecule has 2 rings (SSSR count). The first-order valence-corrected chi connectivity index (χ1v) is 7.39. The first kappa shape index (κ1) is 17.6. The van der Waals surface area contributed by atoms with Crippen LogP contribution in [-0.2, 0) is 16.1 Å². The summed E-state index contributed by atoms with van der Waals surface area (Å²) in [5.74, 6) is -3.05. The van der Waals surface area contributed by atoms with E-state index in [0.717, 1.165) is 18.6 Å². The quantitative estimate of drug-likeness (QED) is 0.752. The number of hydrogen-bond donors (Lipinski definition) is 0. The third-order valence-electron chi connectivity index (χ3n) is 3.15. The largest absolute Gasteiger partial charge is 0.462 e. The lowest BCUT2D eigenvalue weighted by molar-refractivity contribution is 0.0467. The Morgan fingerprint density at radius 1 is 0.875 bits per heavy atom. The van der Waals surface area contributed by atoms with Crippen LogP contribution < -0.4 is 0 Å². The Kier molecular flexibility index (Phi) is 6.01. The Bertz CT molecular complexity index is 726. The van der Waals surface area contributed by atoms with Gasteiger partial charge >= 0.3 is 11.9 Å². The van der Waals surface area contributed by atoms with Crippen molar-refractivity contribution in [3.8, 4) is 0 Å². The first-order chi connectivity index (χ1) is 11.5. The lowest BCUT2D eigenvalue weighted by atomic mass is 10.1. The van der Waals surface area contributed by atoms with Crippen LogP contribution in [0.3, 0.4) is 0 Å². The van der Waals surface area contributed by atoms with Gasteiger partial charge in [-0.05, 0) is 48.4 Å². The van der Waals surface area contributed by atoms with E-state index in [0.29, 0.717) is 17.7 Å². The van der Waals surface area contributed by atoms with Gasteiger partial charge in [-0.2, -0.15) is 0 Å². The van der Waals surface area contributed by atoms with E-state index in [1.54, 1.807) is 0 Å². The van der Waals surface area contributed by atoms with Crippen molar-refractivity contribution in [1.29, 1.82) is 0 Å². The molecule has 4 nitrogen and oxygen atoms in total. The summed E-state index contributed by atoms with van der Waals surface area (Å²) in [6, 6.07) is 9.08. The van der Waals surface area contributed by atoms with E-state index in [2.05, 4.69) is 0 Å². The molecule has 0 spiro atoms. The van der Waals surface area contributed by atoms with Gasteiger partial charge in [-0.15, -0.1) is 0 Å². The molecule has 0 aliphatic rings. The molecule has 126 valence electrons. The molecule has 0 aromatic heterocycles. The average molecular weight is 334 g/mol. The summed E-state index contributed by atoms with van der Waals surface area (Å²) in [6.45, 7) is 2.03. The average Bonchev–Trinajstić information content (AvgIpc) is 2.60. The number of carbonyl (C=O) groups is 2. The minimum Gasteiger partial charge on any atom is -0.462 e. The van der Waals surface area contributed by atoms with E-state index in [4.69, 9.17) is 9.47 Å². The van der Waals surface area contributed by atoms with E-state index < -0.39 is 23.6 Å². The minimum atomic E-state index is -1.00. The lowest BCUT2D eigenvalue weighted by Crippen LogP contribution is -2.08. The van der Waals surface area contributed by atoms with Gasteiger partial charge < -0.3 is 9.47 Å². The van der Waals surface area contributed by atoms with Crippen LogP contribution in [0.5, 0.6) is 0 Å². The second kappa shape index (κ2) is 8.19. The van der Waals surface area contributed by atoms with Crippen LogP contribution in [0.4, 0.5) is 8.78 Å². The Morgan fingerprint density at radius 2 is 1.46 bits per heavy atom. The van der Waals surface area contributed by atoms with Crippen molar-refractivity contribution in [2.24, 2.45) is 0 Å². The third-order valence-corrected chi connectivity index (χ3v) is 3.15. The van der Waals surface area contributed by atoms with Crippen LogP contribution in [0.1, 0.15) is 39.6 Å². The Balaban J connectivity index is 1.94. The maximum atomic E-state index is 13.1. The van der Waals surface area contributed by atoms with Crippen LogP contribution >= 0.6 is 0 Å². The molecule has 2 aromatic rings. The van der Waals surface area contributed by atoms with Crippen molar-refractivity contribution in [3.63, 3.8) is 0 Å². The third kappa shape index (κ3) is 4.62. The van der Waals surface area contributed by atoms with Crippen LogP contribution in [0.2, 0.25) is 0 Å². The molecule has 0 bridgehead atoms. The Hall–Kier alpha value is -2.76. The first-order valence-electron chi connectivity index (χ1n) is 7.39. The molecule has 0 aliphatic carbocycles. The second-order valence-electron chi connectivity index (χ2n) is 5.04. The summed E-state index contributed by atoms with van der Waals surface area (Å²) >= 11 is 0. The summed E-state index contributed by atoms with van der Waals surface area (Å²) in [5.41, 5.74) is 0.909. The van der Waals surface area contributed by atoms with Crippen molar-refractivity contribution in [1.82, 2.24) is 0 Å². The summed E-state index contributed by atoms with van der Waals surface area (Å²) in [5, 5.41) is 0. The standard InChI is InChI=1S/C18H16F2O4/c1-2-9-23-17(21)13-4-6-14(7-5-13)18(22)24-11-12-3-8-15(19)16(20)10-12/h3-8,10H,2,9,11H2,1H3. The molecule has 2 aromatic carbocycles. The molecule has 0 amide bonds. The molecule has 6 heteroatoms. The highest BCUT2D eigenvalue weighted by Gasteiger charge is 2.11. The van der Waals surface area contributed by atoms with Crippen molar-refractivity contribution in [3.05, 3.63) is 70.8 Å². The maximum absolute atomic E-state index is 13.1. The predicted octanol–water partition coefficient (Wildman–Crippen LogP) is 3.89. The summed E-state index contributed by atoms with van der Waals surface area (Å²) in [7, 11) is 0. The number of ether oxygens (including phenoxy) is 2. The van der Waals surface area contributed by atoms with Gasteiger partial charge in [-0.1, -0.05) is 13.0 Å². The van der Waals surface area contributed by atoms with E-state index >= 15 is 0 Å².